The van der Waals surface area contributed by atoms with Gasteiger partial charge in [-0.3, -0.25) is 0 Å². The molecule has 1 nitrogen and oxygen atoms in total. The maximum absolute atomic E-state index is 8.78. The van der Waals surface area contributed by atoms with Crippen molar-refractivity contribution in [3.05, 3.63) is 0 Å². The van der Waals surface area contributed by atoms with Gasteiger partial charge in [-0.15, -0.1) is 0 Å². The molecule has 0 spiro atoms. The highest BCUT2D eigenvalue weighted by Gasteiger charge is 2.53. The Kier molecular flexibility index (Phi) is 2.91. The van der Waals surface area contributed by atoms with Gasteiger partial charge >= 0.3 is 0 Å². The molecule has 0 aliphatic heterocycles. The van der Waals surface area contributed by atoms with Crippen LogP contribution in [-0.4, -0.2) is 17.0 Å². The molecule has 0 aromatic rings. The van der Waals surface area contributed by atoms with Crippen LogP contribution in [0.25, 0.3) is 0 Å². The Balaban J connectivity index is 2.24. The average Bonchev–Trinajstić information content (AvgIpc) is 2.74. The van der Waals surface area contributed by atoms with E-state index in [0.717, 1.165) is 17.2 Å². The molecule has 14 heavy (non-hydrogen) atoms. The highest BCUT2D eigenvalue weighted by molar-refractivity contribution is 9.09. The lowest BCUT2D eigenvalue weighted by molar-refractivity contribution is 0.189. The normalized spacial score (nSPS) is 44.9. The summed E-state index contributed by atoms with van der Waals surface area (Å²) in [6.07, 6.45) is 4.08. The zero-order chi connectivity index (χ0) is 10.2. The molecule has 2 fully saturated rings. The zero-order valence-electron chi connectivity index (χ0n) is 8.59. The fourth-order valence-corrected chi connectivity index (χ4v) is 4.63. The second-order valence-corrected chi connectivity index (χ2v) is 5.42. The smallest absolute Gasteiger partial charge is 0.104 e. The molecule has 4 atom stereocenters. The number of hydrogen-bond donors (Lipinski definition) is 1. The van der Waals surface area contributed by atoms with E-state index in [9.17, 15) is 0 Å². The molecule has 0 amide bonds. The summed E-state index contributed by atoms with van der Waals surface area (Å²) in [6, 6.07) is 0. The van der Waals surface area contributed by atoms with Crippen LogP contribution in [0.2, 0.25) is 0 Å². The Labute approximate surface area is 94.4 Å². The minimum Gasteiger partial charge on any atom is -0.384 e. The van der Waals surface area contributed by atoms with E-state index >= 15 is 0 Å². The summed E-state index contributed by atoms with van der Waals surface area (Å²) in [5.41, 5.74) is 0.162. The molecule has 2 bridgehead atoms. The lowest BCUT2D eigenvalue weighted by Crippen LogP contribution is -2.33. The van der Waals surface area contributed by atoms with Gasteiger partial charge < -0.3 is 5.11 Å². The van der Waals surface area contributed by atoms with Gasteiger partial charge in [0.2, 0.25) is 0 Å². The second kappa shape index (κ2) is 3.87. The van der Waals surface area contributed by atoms with E-state index in [2.05, 4.69) is 34.7 Å². The number of halogens is 1. The molecule has 2 aliphatic rings. The fourth-order valence-electron chi connectivity index (χ4n) is 3.43. The van der Waals surface area contributed by atoms with Gasteiger partial charge in [-0.1, -0.05) is 27.8 Å². The van der Waals surface area contributed by atoms with Gasteiger partial charge in [0.15, 0.2) is 0 Å². The van der Waals surface area contributed by atoms with Gasteiger partial charge in [0.25, 0.3) is 0 Å². The third-order valence-corrected chi connectivity index (χ3v) is 4.96. The van der Waals surface area contributed by atoms with E-state index in [4.69, 9.17) is 5.11 Å². The minimum atomic E-state index is 0.00197. The first-order valence-corrected chi connectivity index (χ1v) is 6.51. The molecule has 4 unspecified atom stereocenters. The average molecular weight is 257 g/mol. The Morgan fingerprint density at radius 2 is 2.29 bits per heavy atom. The molecule has 0 saturated heterocycles. The van der Waals surface area contributed by atoms with Crippen molar-refractivity contribution in [2.24, 2.45) is 23.2 Å². The number of aliphatic hydroxyl groups excluding tert-OH is 1. The van der Waals surface area contributed by atoms with Crippen molar-refractivity contribution < 1.29 is 5.11 Å². The Morgan fingerprint density at radius 1 is 1.50 bits per heavy atom. The lowest BCUT2D eigenvalue weighted by Gasteiger charge is -2.36. The van der Waals surface area contributed by atoms with E-state index in [1.807, 2.05) is 0 Å². The molecular weight excluding hydrogens is 240 g/mol. The summed E-state index contributed by atoms with van der Waals surface area (Å²) in [7, 11) is 0. The van der Waals surface area contributed by atoms with Gasteiger partial charge in [-0.05, 0) is 43.9 Å². The van der Waals surface area contributed by atoms with Gasteiger partial charge in [0, 0.05) is 10.7 Å². The summed E-state index contributed by atoms with van der Waals surface area (Å²) in [5, 5.41) is 9.85. The van der Waals surface area contributed by atoms with Crippen molar-refractivity contribution in [1.82, 2.24) is 0 Å². The third kappa shape index (κ3) is 1.42. The fraction of sp³-hybridized carbons (Fsp3) is 0.833. The Hall–Kier alpha value is 0. The Bertz CT molecular complexity index is 278. The summed E-state index contributed by atoms with van der Waals surface area (Å²) >= 11 is 3.62. The molecule has 2 heteroatoms. The van der Waals surface area contributed by atoms with E-state index in [1.54, 1.807) is 0 Å². The molecule has 2 saturated carbocycles. The summed E-state index contributed by atoms with van der Waals surface area (Å²) < 4.78 is 0. The maximum Gasteiger partial charge on any atom is 0.104 e. The lowest BCUT2D eigenvalue weighted by atomic mass is 9.68. The van der Waals surface area contributed by atoms with Crippen molar-refractivity contribution in [1.29, 1.82) is 0 Å². The van der Waals surface area contributed by atoms with Crippen LogP contribution in [0.1, 0.15) is 26.2 Å². The van der Waals surface area contributed by atoms with Gasteiger partial charge in [-0.25, -0.2) is 0 Å². The minimum absolute atomic E-state index is 0.00197. The summed E-state index contributed by atoms with van der Waals surface area (Å²) in [6.45, 7) is 2.29. The SMILES string of the molecule is CC1(C#CCO)C2CCC(C2)C1CBr. The quantitative estimate of drug-likeness (QED) is 0.565. The van der Waals surface area contributed by atoms with Crippen molar-refractivity contribution >= 4 is 15.9 Å². The predicted octanol–water partition coefficient (Wildman–Crippen LogP) is 2.43. The number of fused-ring (bicyclic) bond motifs is 2. The molecule has 1 N–H and O–H groups in total. The van der Waals surface area contributed by atoms with Crippen molar-refractivity contribution in [2.45, 2.75) is 26.2 Å². The van der Waals surface area contributed by atoms with Crippen LogP contribution in [-0.2, 0) is 0 Å². The zero-order valence-corrected chi connectivity index (χ0v) is 10.2. The van der Waals surface area contributed by atoms with Gasteiger partial charge in [-0.2, -0.15) is 0 Å². The maximum atomic E-state index is 8.78. The van der Waals surface area contributed by atoms with E-state index < -0.39 is 0 Å². The van der Waals surface area contributed by atoms with Crippen LogP contribution in [0.4, 0.5) is 0 Å². The standard InChI is InChI=1S/C12H17BrO/c1-12(5-2-6-14)10-4-3-9(7-10)11(12)8-13/h9-11,14H,3-4,6-8H2,1H3. The van der Waals surface area contributed by atoms with Crippen LogP contribution >= 0.6 is 15.9 Å². The van der Waals surface area contributed by atoms with Crippen molar-refractivity contribution in [3.63, 3.8) is 0 Å². The molecule has 2 rings (SSSR count). The molecule has 78 valence electrons. The number of hydrogen-bond acceptors (Lipinski definition) is 1. The highest BCUT2D eigenvalue weighted by atomic mass is 79.9. The van der Waals surface area contributed by atoms with E-state index in [1.165, 1.54) is 19.3 Å². The van der Waals surface area contributed by atoms with Crippen LogP contribution in [0.5, 0.6) is 0 Å². The summed E-state index contributed by atoms with van der Waals surface area (Å²) in [4.78, 5) is 0. The molecule has 2 aliphatic carbocycles. The molecule has 0 aromatic heterocycles. The predicted molar refractivity (Wildman–Crippen MR) is 61.1 cm³/mol. The van der Waals surface area contributed by atoms with Crippen molar-refractivity contribution in [3.8, 4) is 11.8 Å². The topological polar surface area (TPSA) is 20.2 Å². The van der Waals surface area contributed by atoms with Gasteiger partial charge in [0.05, 0.1) is 0 Å². The molecule has 0 radical (unpaired) electrons. The van der Waals surface area contributed by atoms with E-state index in [0.29, 0.717) is 5.92 Å². The van der Waals surface area contributed by atoms with Gasteiger partial charge in [0.1, 0.15) is 6.61 Å². The van der Waals surface area contributed by atoms with E-state index in [-0.39, 0.29) is 12.0 Å². The molecule has 0 heterocycles. The third-order valence-electron chi connectivity index (χ3n) is 4.26. The Morgan fingerprint density at radius 3 is 2.93 bits per heavy atom. The monoisotopic (exact) mass is 256 g/mol. The van der Waals surface area contributed by atoms with Crippen LogP contribution < -0.4 is 0 Å². The number of rotatable bonds is 1. The second-order valence-electron chi connectivity index (χ2n) is 4.77. The highest BCUT2D eigenvalue weighted by Crippen LogP contribution is 2.59. The molecule has 0 aromatic carbocycles. The number of alkyl halides is 1. The molecular formula is C12H17BrO. The van der Waals surface area contributed by atoms with Crippen LogP contribution in [0.3, 0.4) is 0 Å². The summed E-state index contributed by atoms with van der Waals surface area (Å²) in [5.74, 6) is 8.51. The first-order chi connectivity index (χ1) is 6.72. The largest absolute Gasteiger partial charge is 0.384 e. The number of aliphatic hydroxyl groups is 1. The van der Waals surface area contributed by atoms with Crippen LogP contribution in [0, 0.1) is 35.0 Å². The van der Waals surface area contributed by atoms with Crippen molar-refractivity contribution in [2.75, 3.05) is 11.9 Å². The first-order valence-electron chi connectivity index (χ1n) is 5.39. The first kappa shape index (κ1) is 10.5. The van der Waals surface area contributed by atoms with Crippen LogP contribution in [0.15, 0.2) is 0 Å².